The molecular formula is C20H19F3N6O3S. The van der Waals surface area contributed by atoms with Gasteiger partial charge in [-0.15, -0.1) is 0 Å². The second kappa shape index (κ2) is 9.03. The molecule has 0 aliphatic carbocycles. The Morgan fingerprint density at radius 1 is 1.03 bits per heavy atom. The smallest absolute Gasteiger partial charge is 0.383 e. The first-order valence-corrected chi connectivity index (χ1v) is 11.1. The summed E-state index contributed by atoms with van der Waals surface area (Å²) in [7, 11) is -3.67. The van der Waals surface area contributed by atoms with Crippen LogP contribution in [0.25, 0.3) is 16.9 Å². The molecule has 2 aromatic carbocycles. The molecule has 13 heteroatoms. The molecule has 33 heavy (non-hydrogen) atoms. The molecule has 0 atom stereocenters. The minimum absolute atomic E-state index is 0.173. The average Bonchev–Trinajstić information content (AvgIpc) is 3.01. The first-order valence-electron chi connectivity index (χ1n) is 9.27. The zero-order valence-electron chi connectivity index (χ0n) is 17.4. The maximum absolute atomic E-state index is 12.7. The molecule has 0 saturated heterocycles. The summed E-state index contributed by atoms with van der Waals surface area (Å²) < 4.78 is 65.8. The van der Waals surface area contributed by atoms with Crippen molar-refractivity contribution in [1.82, 2.24) is 19.5 Å². The molecule has 0 unspecified atom stereocenters. The topological polar surface area (TPSA) is 136 Å². The number of anilines is 3. The molecule has 0 aliphatic rings. The van der Waals surface area contributed by atoms with E-state index in [1.54, 1.807) is 6.07 Å². The van der Waals surface area contributed by atoms with Crippen LogP contribution in [0.3, 0.4) is 0 Å². The van der Waals surface area contributed by atoms with Crippen molar-refractivity contribution in [2.24, 2.45) is 0 Å². The van der Waals surface area contributed by atoms with Crippen LogP contribution in [-0.4, -0.2) is 38.7 Å². The Kier molecular flexibility index (Phi) is 6.56. The number of rotatable bonds is 3. The van der Waals surface area contributed by atoms with Gasteiger partial charge in [-0.1, -0.05) is 12.1 Å². The summed E-state index contributed by atoms with van der Waals surface area (Å²) in [6.45, 7) is 1.85. The van der Waals surface area contributed by atoms with Crippen LogP contribution in [0.1, 0.15) is 11.4 Å². The second-order valence-corrected chi connectivity index (χ2v) is 8.36. The molecular weight excluding hydrogens is 461 g/mol. The lowest BCUT2D eigenvalue weighted by Crippen LogP contribution is -2.07. The number of aryl methyl sites for hydroxylation is 1. The average molecular weight is 480 g/mol. The fraction of sp³-hybridized carbons (Fsp3) is 0.150. The number of benzene rings is 2. The van der Waals surface area contributed by atoms with Crippen molar-refractivity contribution in [1.29, 1.82) is 0 Å². The minimum atomic E-state index is -4.39. The lowest BCUT2D eigenvalue weighted by Gasteiger charge is -2.11. The third kappa shape index (κ3) is 6.40. The quantitative estimate of drug-likeness (QED) is 0.375. The number of nitrogen functional groups attached to an aromatic ring is 1. The zero-order valence-corrected chi connectivity index (χ0v) is 18.2. The third-order valence-electron chi connectivity index (χ3n) is 4.16. The molecule has 4 aromatic rings. The Morgan fingerprint density at radius 3 is 2.24 bits per heavy atom. The minimum Gasteiger partial charge on any atom is -0.383 e. The van der Waals surface area contributed by atoms with Crippen LogP contribution in [0.15, 0.2) is 54.6 Å². The maximum Gasteiger partial charge on any atom is 0.416 e. The summed E-state index contributed by atoms with van der Waals surface area (Å²) in [6.07, 6.45) is -3.67. The van der Waals surface area contributed by atoms with Crippen molar-refractivity contribution in [2.75, 3.05) is 17.3 Å². The van der Waals surface area contributed by atoms with Gasteiger partial charge < -0.3 is 11.1 Å². The molecule has 0 fully saturated rings. The van der Waals surface area contributed by atoms with Gasteiger partial charge in [-0.25, -0.2) is 4.98 Å². The number of fused-ring (bicyclic) bond motifs is 1. The molecule has 9 nitrogen and oxygen atoms in total. The number of hydrogen-bond donors (Lipinski definition) is 3. The molecule has 4 N–H and O–H groups in total. The SMILES string of the molecule is CS(=O)(=O)O.Cc1nc2ccccc2n1-c1cc(N)nc(Nc2ccc(C(F)(F)F)cc2)n1. The van der Waals surface area contributed by atoms with Crippen molar-refractivity contribution in [3.63, 3.8) is 0 Å². The van der Waals surface area contributed by atoms with Gasteiger partial charge in [-0.3, -0.25) is 9.12 Å². The summed E-state index contributed by atoms with van der Waals surface area (Å²) in [5.41, 5.74) is 7.28. The summed E-state index contributed by atoms with van der Waals surface area (Å²) in [5.74, 6) is 1.62. The molecule has 0 bridgehead atoms. The van der Waals surface area contributed by atoms with Gasteiger partial charge in [0.15, 0.2) is 0 Å². The fourth-order valence-corrected chi connectivity index (χ4v) is 2.93. The number of alkyl halides is 3. The first kappa shape index (κ1) is 23.9. The van der Waals surface area contributed by atoms with Crippen LogP contribution in [0.2, 0.25) is 0 Å². The van der Waals surface area contributed by atoms with Crippen molar-refractivity contribution in [3.8, 4) is 5.82 Å². The maximum atomic E-state index is 12.7. The lowest BCUT2D eigenvalue weighted by molar-refractivity contribution is -0.137. The van der Waals surface area contributed by atoms with Gasteiger partial charge in [0.25, 0.3) is 10.1 Å². The molecule has 2 aromatic heterocycles. The Labute approximate surface area is 186 Å². The summed E-state index contributed by atoms with van der Waals surface area (Å²) >= 11 is 0. The van der Waals surface area contributed by atoms with Crippen LogP contribution in [-0.2, 0) is 16.3 Å². The van der Waals surface area contributed by atoms with E-state index in [1.165, 1.54) is 12.1 Å². The predicted molar refractivity (Wildman–Crippen MR) is 118 cm³/mol. The van der Waals surface area contributed by atoms with Gasteiger partial charge in [0.2, 0.25) is 5.95 Å². The Morgan fingerprint density at radius 2 is 1.64 bits per heavy atom. The number of nitrogens with zero attached hydrogens (tertiary/aromatic N) is 4. The van der Waals surface area contributed by atoms with Crippen LogP contribution < -0.4 is 11.1 Å². The number of para-hydroxylation sites is 2. The van der Waals surface area contributed by atoms with E-state index in [4.69, 9.17) is 10.3 Å². The summed E-state index contributed by atoms with van der Waals surface area (Å²) in [6, 6.07) is 13.8. The summed E-state index contributed by atoms with van der Waals surface area (Å²) in [4.78, 5) is 13.1. The van der Waals surface area contributed by atoms with Crippen molar-refractivity contribution in [3.05, 3.63) is 66.0 Å². The second-order valence-electron chi connectivity index (χ2n) is 6.89. The van der Waals surface area contributed by atoms with Crippen molar-refractivity contribution >= 4 is 38.6 Å². The Balaban J connectivity index is 0.000000555. The Hall–Kier alpha value is -3.71. The Bertz CT molecular complexity index is 1380. The highest BCUT2D eigenvalue weighted by Crippen LogP contribution is 2.30. The predicted octanol–water partition coefficient (Wildman–Crippen LogP) is 3.97. The molecule has 174 valence electrons. The van der Waals surface area contributed by atoms with Gasteiger partial charge in [0.05, 0.1) is 22.9 Å². The van der Waals surface area contributed by atoms with Gasteiger partial charge in [-0.2, -0.15) is 31.6 Å². The third-order valence-corrected chi connectivity index (χ3v) is 4.16. The largest absolute Gasteiger partial charge is 0.416 e. The zero-order chi connectivity index (χ0) is 24.4. The van der Waals surface area contributed by atoms with Gasteiger partial charge >= 0.3 is 6.18 Å². The first-order chi connectivity index (χ1) is 15.3. The van der Waals surface area contributed by atoms with Gasteiger partial charge in [0, 0.05) is 11.8 Å². The van der Waals surface area contributed by atoms with E-state index in [9.17, 15) is 21.6 Å². The van der Waals surface area contributed by atoms with E-state index in [1.807, 2.05) is 35.8 Å². The van der Waals surface area contributed by atoms with E-state index in [0.29, 0.717) is 17.8 Å². The van der Waals surface area contributed by atoms with Gasteiger partial charge in [-0.05, 0) is 43.3 Å². The standard InChI is InChI=1S/C19H15F3N6.CH4O3S/c1-11-24-14-4-2-3-5-15(14)28(11)17-10-16(23)26-18(27-17)25-13-8-6-12(7-9-13)19(20,21)22;1-5(2,3)4/h2-10H,1H3,(H3,23,25,26,27);1H3,(H,2,3,4). The normalized spacial score (nSPS) is 11.7. The van der Waals surface area contributed by atoms with Crippen LogP contribution in [0, 0.1) is 6.92 Å². The lowest BCUT2D eigenvalue weighted by atomic mass is 10.2. The highest BCUT2D eigenvalue weighted by molar-refractivity contribution is 7.85. The van der Waals surface area contributed by atoms with E-state index in [-0.39, 0.29) is 11.8 Å². The number of nitrogens with two attached hydrogens (primary N) is 1. The van der Waals surface area contributed by atoms with Crippen molar-refractivity contribution in [2.45, 2.75) is 13.1 Å². The number of nitrogens with one attached hydrogen (secondary N) is 1. The van der Waals surface area contributed by atoms with E-state index < -0.39 is 21.9 Å². The fourth-order valence-electron chi connectivity index (χ4n) is 2.93. The molecule has 4 rings (SSSR count). The number of imidazole rings is 1. The van der Waals surface area contributed by atoms with Crippen molar-refractivity contribution < 1.29 is 26.1 Å². The number of halogens is 3. The molecule has 0 aliphatic heterocycles. The molecule has 2 heterocycles. The van der Waals surface area contributed by atoms with E-state index in [2.05, 4.69) is 20.3 Å². The molecule has 0 spiro atoms. The van der Waals surface area contributed by atoms with Crippen LogP contribution >= 0.6 is 0 Å². The highest BCUT2D eigenvalue weighted by atomic mass is 32.2. The number of aromatic nitrogens is 4. The molecule has 0 saturated carbocycles. The van der Waals surface area contributed by atoms with Crippen LogP contribution in [0.5, 0.6) is 0 Å². The van der Waals surface area contributed by atoms with E-state index in [0.717, 1.165) is 29.0 Å². The van der Waals surface area contributed by atoms with Gasteiger partial charge in [0.1, 0.15) is 17.5 Å². The van der Waals surface area contributed by atoms with Crippen LogP contribution in [0.4, 0.5) is 30.6 Å². The van der Waals surface area contributed by atoms with E-state index >= 15 is 0 Å². The number of hydrogen-bond acceptors (Lipinski definition) is 7. The summed E-state index contributed by atoms with van der Waals surface area (Å²) in [5, 5.41) is 2.89. The highest BCUT2D eigenvalue weighted by Gasteiger charge is 2.30. The monoisotopic (exact) mass is 480 g/mol. The molecule has 0 amide bonds. The molecule has 0 radical (unpaired) electrons.